The number of hydrogen-bond acceptors (Lipinski definition) is 4. The third-order valence-electron chi connectivity index (χ3n) is 6.43. The Kier molecular flexibility index (Phi) is 4.97. The van der Waals surface area contributed by atoms with Crippen molar-refractivity contribution in [3.8, 4) is 5.75 Å². The number of aryl methyl sites for hydroxylation is 1. The Morgan fingerprint density at radius 1 is 1.04 bits per heavy atom. The van der Waals surface area contributed by atoms with E-state index in [1.807, 2.05) is 12.1 Å². The smallest absolute Gasteiger partial charge is 0.115 e. The second-order valence-electron chi connectivity index (χ2n) is 8.58. The third kappa shape index (κ3) is 4.03. The number of hydrogen-bond donors (Lipinski definition) is 3. The average molecular weight is 367 g/mol. The van der Waals surface area contributed by atoms with Gasteiger partial charge in [-0.1, -0.05) is 36.4 Å². The van der Waals surface area contributed by atoms with Gasteiger partial charge in [0.15, 0.2) is 0 Å². The number of aliphatic hydroxyl groups excluding tert-OH is 1. The summed E-state index contributed by atoms with van der Waals surface area (Å²) in [6.07, 6.45) is 1.88. The lowest BCUT2D eigenvalue weighted by atomic mass is 9.89. The number of phenols is 1. The first-order valence-corrected chi connectivity index (χ1v) is 9.88. The number of benzene rings is 2. The molecule has 1 unspecified atom stereocenters. The van der Waals surface area contributed by atoms with E-state index in [2.05, 4.69) is 24.0 Å². The summed E-state index contributed by atoms with van der Waals surface area (Å²) in [7, 11) is 0. The fourth-order valence-electron chi connectivity index (χ4n) is 5.06. The normalized spacial score (nSPS) is 29.0. The fraction of sp³-hybridized carbons (Fsp3) is 0.478. The monoisotopic (exact) mass is 367 g/mol. The van der Waals surface area contributed by atoms with Crippen LogP contribution in [0.1, 0.15) is 35.6 Å². The predicted molar refractivity (Wildman–Crippen MR) is 106 cm³/mol. The molecule has 2 aromatic rings. The van der Waals surface area contributed by atoms with Crippen LogP contribution in [-0.4, -0.2) is 45.5 Å². The second-order valence-corrected chi connectivity index (χ2v) is 8.58. The van der Waals surface area contributed by atoms with Crippen molar-refractivity contribution in [1.29, 1.82) is 0 Å². The van der Waals surface area contributed by atoms with Gasteiger partial charge in [0.2, 0.25) is 0 Å². The maximum absolute atomic E-state index is 11.2. The van der Waals surface area contributed by atoms with Gasteiger partial charge >= 0.3 is 0 Å². The van der Waals surface area contributed by atoms with Crippen LogP contribution >= 0.6 is 0 Å². The van der Waals surface area contributed by atoms with Gasteiger partial charge in [0, 0.05) is 26.1 Å². The summed E-state index contributed by atoms with van der Waals surface area (Å²) >= 11 is 0. The molecule has 0 amide bonds. The first kappa shape index (κ1) is 18.5. The van der Waals surface area contributed by atoms with E-state index in [9.17, 15) is 15.3 Å². The molecule has 0 spiro atoms. The molecule has 1 heterocycles. The zero-order valence-electron chi connectivity index (χ0n) is 15.9. The number of nitrogens with zero attached hydrogens (tertiary/aromatic N) is 1. The van der Waals surface area contributed by atoms with Crippen molar-refractivity contribution in [1.82, 2.24) is 4.90 Å². The Labute approximate surface area is 161 Å². The maximum Gasteiger partial charge on any atom is 0.115 e. The molecule has 2 aromatic carbocycles. The van der Waals surface area contributed by atoms with Crippen molar-refractivity contribution in [2.45, 2.75) is 37.9 Å². The van der Waals surface area contributed by atoms with Crippen molar-refractivity contribution < 1.29 is 15.3 Å². The van der Waals surface area contributed by atoms with Crippen LogP contribution in [0.5, 0.6) is 5.75 Å². The van der Waals surface area contributed by atoms with Crippen LogP contribution in [0.4, 0.5) is 0 Å². The van der Waals surface area contributed by atoms with Crippen molar-refractivity contribution in [2.75, 3.05) is 19.6 Å². The van der Waals surface area contributed by atoms with Gasteiger partial charge in [-0.25, -0.2) is 0 Å². The van der Waals surface area contributed by atoms with E-state index in [-0.39, 0.29) is 5.75 Å². The van der Waals surface area contributed by atoms with Crippen LogP contribution in [-0.2, 0) is 6.42 Å². The number of likely N-dealkylation sites (tertiary alicyclic amines) is 1. The SMILES string of the molecule is Cc1ccccc1C[C@]1(O)C[C@H]2CN(CC(O)c3ccc(O)cc3)C[C@H]2C1. The van der Waals surface area contributed by atoms with E-state index in [4.69, 9.17) is 0 Å². The fourth-order valence-corrected chi connectivity index (χ4v) is 5.06. The van der Waals surface area contributed by atoms with Crippen molar-refractivity contribution in [3.05, 3.63) is 65.2 Å². The molecule has 2 fully saturated rings. The van der Waals surface area contributed by atoms with Gasteiger partial charge in [-0.15, -0.1) is 0 Å². The number of phenolic OH excluding ortho intramolecular Hbond substituents is 1. The van der Waals surface area contributed by atoms with Gasteiger partial charge in [0.25, 0.3) is 0 Å². The molecule has 1 saturated heterocycles. The molecule has 3 N–H and O–H groups in total. The molecule has 1 aliphatic carbocycles. The summed E-state index contributed by atoms with van der Waals surface area (Å²) in [4.78, 5) is 2.32. The quantitative estimate of drug-likeness (QED) is 0.760. The lowest BCUT2D eigenvalue weighted by molar-refractivity contribution is 0.0327. The van der Waals surface area contributed by atoms with Crippen LogP contribution < -0.4 is 0 Å². The molecule has 0 aromatic heterocycles. The third-order valence-corrected chi connectivity index (χ3v) is 6.43. The zero-order valence-corrected chi connectivity index (χ0v) is 15.9. The average Bonchev–Trinajstić information content (AvgIpc) is 3.11. The standard InChI is InChI=1S/C23H29NO3/c1-16-4-2-3-5-18(16)10-23(27)11-19-13-24(14-20(19)12-23)15-22(26)17-6-8-21(25)9-7-17/h2-9,19-20,22,25-27H,10-15H2,1H3/t19-,20+,22?,23-. The molecule has 27 heavy (non-hydrogen) atoms. The predicted octanol–water partition coefficient (Wildman–Crippen LogP) is 3.05. The van der Waals surface area contributed by atoms with E-state index in [0.29, 0.717) is 18.4 Å². The molecule has 2 aliphatic rings. The number of β-amino-alcohol motifs (C(OH)–C–C–N with tert-alkyl or cyclic N) is 1. The summed E-state index contributed by atoms with van der Waals surface area (Å²) in [6.45, 7) is 4.60. The highest BCUT2D eigenvalue weighted by molar-refractivity contribution is 5.28. The Morgan fingerprint density at radius 3 is 2.30 bits per heavy atom. The zero-order chi connectivity index (χ0) is 19.0. The van der Waals surface area contributed by atoms with Crippen LogP contribution in [0.15, 0.2) is 48.5 Å². The van der Waals surface area contributed by atoms with Crippen LogP contribution in [0.2, 0.25) is 0 Å². The van der Waals surface area contributed by atoms with Crippen LogP contribution in [0.3, 0.4) is 0 Å². The molecule has 0 bridgehead atoms. The summed E-state index contributed by atoms with van der Waals surface area (Å²) in [5.74, 6) is 1.23. The van der Waals surface area contributed by atoms with Crippen LogP contribution in [0.25, 0.3) is 0 Å². The molecule has 1 saturated carbocycles. The summed E-state index contributed by atoms with van der Waals surface area (Å²) in [6, 6.07) is 15.1. The van der Waals surface area contributed by atoms with Gasteiger partial charge in [-0.05, 0) is 60.4 Å². The van der Waals surface area contributed by atoms with E-state index in [1.54, 1.807) is 24.3 Å². The lowest BCUT2D eigenvalue weighted by Crippen LogP contribution is -2.33. The van der Waals surface area contributed by atoms with Gasteiger partial charge < -0.3 is 15.3 Å². The molecule has 4 heteroatoms. The summed E-state index contributed by atoms with van der Waals surface area (Å²) in [5.41, 5.74) is 2.74. The van der Waals surface area contributed by atoms with Gasteiger partial charge in [-0.2, -0.15) is 0 Å². The molecule has 4 nitrogen and oxygen atoms in total. The summed E-state index contributed by atoms with van der Waals surface area (Å²) in [5, 5.41) is 31.0. The topological polar surface area (TPSA) is 63.9 Å². The molecule has 0 radical (unpaired) electrons. The Bertz CT molecular complexity index is 774. The lowest BCUT2D eigenvalue weighted by Gasteiger charge is -2.27. The Balaban J connectivity index is 1.34. The number of rotatable bonds is 5. The molecule has 4 atom stereocenters. The van der Waals surface area contributed by atoms with Crippen molar-refractivity contribution >= 4 is 0 Å². The minimum atomic E-state index is -0.594. The van der Waals surface area contributed by atoms with Gasteiger partial charge in [0.05, 0.1) is 11.7 Å². The number of aliphatic hydroxyl groups is 2. The minimum absolute atomic E-state index is 0.217. The van der Waals surface area contributed by atoms with Gasteiger partial charge in [-0.3, -0.25) is 4.90 Å². The van der Waals surface area contributed by atoms with Gasteiger partial charge in [0.1, 0.15) is 5.75 Å². The molecule has 144 valence electrons. The highest BCUT2D eigenvalue weighted by atomic mass is 16.3. The first-order chi connectivity index (χ1) is 12.9. The highest BCUT2D eigenvalue weighted by Gasteiger charge is 2.48. The van der Waals surface area contributed by atoms with Crippen LogP contribution in [0, 0.1) is 18.8 Å². The molecular formula is C23H29NO3. The van der Waals surface area contributed by atoms with E-state index in [1.165, 1.54) is 11.1 Å². The Morgan fingerprint density at radius 2 is 1.67 bits per heavy atom. The number of fused-ring (bicyclic) bond motifs is 1. The maximum atomic E-state index is 11.2. The Hall–Kier alpha value is -1.88. The highest BCUT2D eigenvalue weighted by Crippen LogP contribution is 2.45. The molecular weight excluding hydrogens is 338 g/mol. The largest absolute Gasteiger partial charge is 0.508 e. The van der Waals surface area contributed by atoms with E-state index >= 15 is 0 Å². The minimum Gasteiger partial charge on any atom is -0.508 e. The summed E-state index contributed by atoms with van der Waals surface area (Å²) < 4.78 is 0. The van der Waals surface area contributed by atoms with Crippen molar-refractivity contribution in [3.63, 3.8) is 0 Å². The molecule has 4 rings (SSSR count). The van der Waals surface area contributed by atoms with Crippen molar-refractivity contribution in [2.24, 2.45) is 11.8 Å². The van der Waals surface area contributed by atoms with E-state index in [0.717, 1.165) is 37.9 Å². The van der Waals surface area contributed by atoms with E-state index < -0.39 is 11.7 Å². The second kappa shape index (κ2) is 7.27. The first-order valence-electron chi connectivity index (χ1n) is 9.88. The molecule has 1 aliphatic heterocycles. The number of aromatic hydroxyl groups is 1.